The summed E-state index contributed by atoms with van der Waals surface area (Å²) in [6, 6.07) is 0. The molecule has 0 bridgehead atoms. The quantitative estimate of drug-likeness (QED) is 0.396. The van der Waals surface area contributed by atoms with Gasteiger partial charge in [0.2, 0.25) is 0 Å². The molecular formula is C10H7F4N. The molecule has 0 N–H and O–H groups in total. The molecule has 0 heterocycles. The van der Waals surface area contributed by atoms with E-state index in [9.17, 15) is 17.6 Å². The molecule has 15 heavy (non-hydrogen) atoms. The Hall–Kier alpha value is -1.70. The van der Waals surface area contributed by atoms with E-state index in [1.807, 2.05) is 0 Å². The van der Waals surface area contributed by atoms with Crippen molar-refractivity contribution in [3.05, 3.63) is 28.8 Å². The van der Waals surface area contributed by atoms with Gasteiger partial charge in [-0.25, -0.2) is 17.6 Å². The van der Waals surface area contributed by atoms with E-state index in [1.165, 1.54) is 14.1 Å². The first-order chi connectivity index (χ1) is 6.91. The maximum atomic E-state index is 13.2. The molecular weight excluding hydrogens is 210 g/mol. The SMILES string of the molecule is C#Cc1c(F)c(F)c(N(C)C)c(F)c1F. The highest BCUT2D eigenvalue weighted by atomic mass is 19.2. The molecule has 0 amide bonds. The summed E-state index contributed by atoms with van der Waals surface area (Å²) in [5, 5.41) is 0. The predicted octanol–water partition coefficient (Wildman–Crippen LogP) is 2.29. The molecule has 0 radical (unpaired) electrons. The van der Waals surface area contributed by atoms with Crippen LogP contribution < -0.4 is 4.90 Å². The summed E-state index contributed by atoms with van der Waals surface area (Å²) in [5.74, 6) is -4.54. The second-order valence-corrected chi connectivity index (χ2v) is 3.02. The van der Waals surface area contributed by atoms with E-state index >= 15 is 0 Å². The lowest BCUT2D eigenvalue weighted by Crippen LogP contribution is -2.16. The van der Waals surface area contributed by atoms with Gasteiger partial charge in [0.15, 0.2) is 23.3 Å². The molecule has 0 aliphatic carbocycles. The standard InChI is InChI=1S/C10H7F4N/c1-4-5-6(11)8(13)10(15(2)3)9(14)7(5)12/h1H,2-3H3. The highest BCUT2D eigenvalue weighted by Gasteiger charge is 2.25. The third-order valence-electron chi connectivity index (χ3n) is 1.83. The molecule has 0 saturated carbocycles. The van der Waals surface area contributed by atoms with Crippen LogP contribution in [0.3, 0.4) is 0 Å². The summed E-state index contributed by atoms with van der Waals surface area (Å²) in [7, 11) is 2.52. The maximum Gasteiger partial charge on any atom is 0.186 e. The second kappa shape index (κ2) is 3.81. The fourth-order valence-corrected chi connectivity index (χ4v) is 1.14. The lowest BCUT2D eigenvalue weighted by Gasteiger charge is -2.16. The maximum absolute atomic E-state index is 13.2. The Bertz CT molecular complexity index is 417. The van der Waals surface area contributed by atoms with Crippen LogP contribution in [0.2, 0.25) is 0 Å². The van der Waals surface area contributed by atoms with E-state index in [1.54, 1.807) is 5.92 Å². The molecule has 1 aromatic rings. The van der Waals surface area contributed by atoms with E-state index < -0.39 is 34.5 Å². The van der Waals surface area contributed by atoms with E-state index in [-0.39, 0.29) is 0 Å². The van der Waals surface area contributed by atoms with Crippen molar-refractivity contribution in [1.82, 2.24) is 0 Å². The lowest BCUT2D eigenvalue weighted by molar-refractivity contribution is 0.451. The number of benzene rings is 1. The first kappa shape index (κ1) is 11.4. The molecule has 0 atom stereocenters. The summed E-state index contributed by atoms with van der Waals surface area (Å²) in [6.45, 7) is 0. The van der Waals surface area contributed by atoms with E-state index in [0.29, 0.717) is 0 Å². The number of terminal acetylenes is 1. The average Bonchev–Trinajstić information content (AvgIpc) is 2.16. The van der Waals surface area contributed by atoms with Gasteiger partial charge in [-0.05, 0) is 0 Å². The molecule has 0 spiro atoms. The van der Waals surface area contributed by atoms with Gasteiger partial charge in [-0.15, -0.1) is 6.42 Å². The number of nitrogens with zero attached hydrogens (tertiary/aromatic N) is 1. The fourth-order valence-electron chi connectivity index (χ4n) is 1.14. The zero-order valence-corrected chi connectivity index (χ0v) is 8.04. The van der Waals surface area contributed by atoms with Gasteiger partial charge < -0.3 is 4.90 Å². The van der Waals surface area contributed by atoms with Crippen LogP contribution in [0.25, 0.3) is 0 Å². The first-order valence-electron chi connectivity index (χ1n) is 3.91. The molecule has 0 unspecified atom stereocenters. The largest absolute Gasteiger partial charge is 0.373 e. The summed E-state index contributed by atoms with van der Waals surface area (Å²) >= 11 is 0. The van der Waals surface area contributed by atoms with Gasteiger partial charge in [-0.1, -0.05) is 5.92 Å². The van der Waals surface area contributed by atoms with Gasteiger partial charge in [-0.3, -0.25) is 0 Å². The van der Waals surface area contributed by atoms with Crippen LogP contribution in [0.15, 0.2) is 0 Å². The van der Waals surface area contributed by atoms with Gasteiger partial charge in [0.05, 0.1) is 0 Å². The number of hydrogen-bond acceptors (Lipinski definition) is 1. The van der Waals surface area contributed by atoms with Gasteiger partial charge in [-0.2, -0.15) is 0 Å². The van der Waals surface area contributed by atoms with Crippen molar-refractivity contribution in [2.45, 2.75) is 0 Å². The second-order valence-electron chi connectivity index (χ2n) is 3.02. The Morgan fingerprint density at radius 2 is 1.33 bits per heavy atom. The van der Waals surface area contributed by atoms with Crippen molar-refractivity contribution in [3.8, 4) is 12.3 Å². The van der Waals surface area contributed by atoms with Crippen LogP contribution >= 0.6 is 0 Å². The molecule has 0 saturated heterocycles. The zero-order valence-electron chi connectivity index (χ0n) is 8.04. The summed E-state index contributed by atoms with van der Waals surface area (Å²) < 4.78 is 52.7. The summed E-state index contributed by atoms with van der Waals surface area (Å²) in [4.78, 5) is 0.928. The molecule has 0 fully saturated rings. The van der Waals surface area contributed by atoms with Crippen molar-refractivity contribution in [2.24, 2.45) is 0 Å². The number of hydrogen-bond donors (Lipinski definition) is 0. The fraction of sp³-hybridized carbons (Fsp3) is 0.200. The van der Waals surface area contributed by atoms with Crippen LogP contribution in [0.4, 0.5) is 23.2 Å². The van der Waals surface area contributed by atoms with Gasteiger partial charge in [0, 0.05) is 14.1 Å². The topological polar surface area (TPSA) is 3.24 Å². The minimum Gasteiger partial charge on any atom is -0.373 e. The van der Waals surface area contributed by atoms with Gasteiger partial charge in [0.1, 0.15) is 11.3 Å². The minimum atomic E-state index is -1.56. The Morgan fingerprint density at radius 3 is 1.60 bits per heavy atom. The molecule has 0 aliphatic rings. The van der Waals surface area contributed by atoms with E-state index in [2.05, 4.69) is 0 Å². The monoisotopic (exact) mass is 217 g/mol. The summed E-state index contributed by atoms with van der Waals surface area (Å²) in [6.07, 6.45) is 4.74. The molecule has 80 valence electrons. The van der Waals surface area contributed by atoms with Crippen molar-refractivity contribution >= 4 is 5.69 Å². The lowest BCUT2D eigenvalue weighted by atomic mass is 10.1. The van der Waals surface area contributed by atoms with Crippen molar-refractivity contribution < 1.29 is 17.6 Å². The molecule has 1 nitrogen and oxygen atoms in total. The first-order valence-corrected chi connectivity index (χ1v) is 3.91. The molecule has 0 aliphatic heterocycles. The molecule has 1 aromatic carbocycles. The molecule has 0 aromatic heterocycles. The normalized spacial score (nSPS) is 9.93. The van der Waals surface area contributed by atoms with Crippen LogP contribution in [-0.2, 0) is 0 Å². The zero-order chi connectivity index (χ0) is 11.7. The van der Waals surface area contributed by atoms with Crippen molar-refractivity contribution in [2.75, 3.05) is 19.0 Å². The van der Waals surface area contributed by atoms with Crippen LogP contribution in [0, 0.1) is 35.6 Å². The van der Waals surface area contributed by atoms with Crippen molar-refractivity contribution in [1.29, 1.82) is 0 Å². The number of rotatable bonds is 1. The smallest absolute Gasteiger partial charge is 0.186 e. The minimum absolute atomic E-state index is 0.788. The highest BCUT2D eigenvalue weighted by Crippen LogP contribution is 2.29. The Balaban J connectivity index is 3.69. The third-order valence-corrected chi connectivity index (χ3v) is 1.83. The predicted molar refractivity (Wildman–Crippen MR) is 48.5 cm³/mol. The number of anilines is 1. The van der Waals surface area contributed by atoms with Crippen LogP contribution in [0.5, 0.6) is 0 Å². The number of halogens is 4. The Labute approximate surface area is 84.3 Å². The third kappa shape index (κ3) is 1.63. The Morgan fingerprint density at radius 1 is 0.933 bits per heavy atom. The van der Waals surface area contributed by atoms with Gasteiger partial charge in [0.25, 0.3) is 0 Å². The van der Waals surface area contributed by atoms with Crippen LogP contribution in [0.1, 0.15) is 5.56 Å². The van der Waals surface area contributed by atoms with Gasteiger partial charge >= 0.3 is 0 Å². The highest BCUT2D eigenvalue weighted by molar-refractivity contribution is 5.53. The van der Waals surface area contributed by atoms with Crippen molar-refractivity contribution in [3.63, 3.8) is 0 Å². The Kier molecular flexibility index (Phi) is 2.89. The summed E-state index contributed by atoms with van der Waals surface area (Å²) in [5.41, 5.74) is -1.82. The van der Waals surface area contributed by atoms with E-state index in [4.69, 9.17) is 6.42 Å². The molecule has 1 rings (SSSR count). The molecule has 5 heteroatoms. The van der Waals surface area contributed by atoms with Crippen LogP contribution in [-0.4, -0.2) is 14.1 Å². The van der Waals surface area contributed by atoms with E-state index in [0.717, 1.165) is 4.90 Å². The average molecular weight is 217 g/mol.